The number of ether oxygens (including phenoxy) is 2. The minimum absolute atomic E-state index is 0.000623. The summed E-state index contributed by atoms with van der Waals surface area (Å²) in [4.78, 5) is 33.7. The smallest absolute Gasteiger partial charge is 0.387 e. The number of esters is 1. The summed E-state index contributed by atoms with van der Waals surface area (Å²) in [5.74, 6) is -12.2. The number of alkyl halides is 2. The molecule has 0 N–H and O–H groups in total. The molecule has 0 fully saturated rings. The van der Waals surface area contributed by atoms with E-state index in [0.717, 1.165) is 6.08 Å². The fourth-order valence-corrected chi connectivity index (χ4v) is 2.01. The number of ketones is 1. The molecule has 12 heteroatoms. The topological polar surface area (TPSA) is 95.7 Å². The predicted molar refractivity (Wildman–Crippen MR) is 78.9 cm³/mol. The Hall–Kier alpha value is -3.05. The van der Waals surface area contributed by atoms with Gasteiger partial charge in [0.05, 0.1) is 11.5 Å². The molecule has 0 radical (unpaired) electrons. The van der Waals surface area contributed by atoms with Crippen molar-refractivity contribution in [2.75, 3.05) is 6.61 Å². The number of carbonyl (C=O) groups is 2. The molecule has 7 nitrogen and oxygen atoms in total. The molecule has 0 amide bonds. The fraction of sp³-hybridized carbons (Fsp3) is 0.333. The lowest BCUT2D eigenvalue weighted by Crippen LogP contribution is -2.21. The van der Waals surface area contributed by atoms with Crippen LogP contribution in [-0.4, -0.2) is 29.9 Å². The van der Waals surface area contributed by atoms with E-state index in [9.17, 15) is 41.7 Å². The van der Waals surface area contributed by atoms with Gasteiger partial charge in [-0.15, -0.1) is 0 Å². The highest BCUT2D eigenvalue weighted by atomic mass is 19.3. The third-order valence-corrected chi connectivity index (χ3v) is 3.02. The van der Waals surface area contributed by atoms with Gasteiger partial charge in [0.2, 0.25) is 23.2 Å². The van der Waals surface area contributed by atoms with Gasteiger partial charge < -0.3 is 9.47 Å². The fourth-order valence-electron chi connectivity index (χ4n) is 2.01. The molecule has 1 aromatic carbocycles. The molecule has 0 aliphatic rings. The first kappa shape index (κ1) is 22.0. The van der Waals surface area contributed by atoms with Gasteiger partial charge in [-0.2, -0.15) is 17.6 Å². The molecule has 148 valence electrons. The van der Waals surface area contributed by atoms with Gasteiger partial charge in [0, 0.05) is 0 Å². The number of carbonyl (C=O) groups excluding carboxylic acids is 2. The minimum Gasteiger partial charge on any atom is -0.462 e. The number of nitro benzene ring substituents is 1. The van der Waals surface area contributed by atoms with Crippen LogP contribution in [0.3, 0.4) is 0 Å². The Morgan fingerprint density at radius 1 is 1.15 bits per heavy atom. The van der Waals surface area contributed by atoms with Crippen molar-refractivity contribution in [1.29, 1.82) is 0 Å². The largest absolute Gasteiger partial charge is 0.462 e. The summed E-state index contributed by atoms with van der Waals surface area (Å²) in [5, 5.41) is 11.0. The number of rotatable bonds is 8. The number of Topliss-reactive ketones (excluding diaryl/α,β-unsaturated/α-hetero) is 1. The molecular formula is C15H12F5NO6. The summed E-state index contributed by atoms with van der Waals surface area (Å²) in [6.45, 7) is -1.25. The van der Waals surface area contributed by atoms with Gasteiger partial charge in [-0.1, -0.05) is 13.0 Å². The first-order valence-electron chi connectivity index (χ1n) is 7.29. The molecule has 1 rings (SSSR count). The Morgan fingerprint density at radius 2 is 1.74 bits per heavy atom. The highest BCUT2D eigenvalue weighted by Gasteiger charge is 2.39. The van der Waals surface area contributed by atoms with Crippen LogP contribution < -0.4 is 4.74 Å². The number of allylic oxidation sites excluding steroid dienone is 1. The van der Waals surface area contributed by atoms with Crippen molar-refractivity contribution in [3.05, 3.63) is 44.8 Å². The number of hydrogen-bond donors (Lipinski definition) is 0. The van der Waals surface area contributed by atoms with Gasteiger partial charge in [-0.3, -0.25) is 14.9 Å². The van der Waals surface area contributed by atoms with Crippen LogP contribution in [0.2, 0.25) is 0 Å². The predicted octanol–water partition coefficient (Wildman–Crippen LogP) is 3.70. The molecule has 0 aliphatic carbocycles. The zero-order valence-corrected chi connectivity index (χ0v) is 13.9. The molecule has 0 aliphatic heterocycles. The molecule has 0 saturated heterocycles. The van der Waals surface area contributed by atoms with Crippen LogP contribution in [0.25, 0.3) is 0 Å². The van der Waals surface area contributed by atoms with E-state index in [4.69, 9.17) is 0 Å². The lowest BCUT2D eigenvalue weighted by Gasteiger charge is -2.12. The zero-order valence-electron chi connectivity index (χ0n) is 13.9. The summed E-state index contributed by atoms with van der Waals surface area (Å²) in [6.07, 6.45) is 0.901. The van der Waals surface area contributed by atoms with E-state index >= 15 is 0 Å². The van der Waals surface area contributed by atoms with E-state index in [0.29, 0.717) is 0 Å². The average Bonchev–Trinajstić information content (AvgIpc) is 2.58. The molecule has 0 heterocycles. The number of nitrogens with zero attached hydrogens (tertiary/aromatic N) is 1. The number of benzene rings is 1. The van der Waals surface area contributed by atoms with E-state index in [-0.39, 0.29) is 13.0 Å². The maximum atomic E-state index is 14.4. The number of nitro groups is 1. The molecule has 0 spiro atoms. The first-order valence-corrected chi connectivity index (χ1v) is 7.29. The van der Waals surface area contributed by atoms with E-state index in [1.165, 1.54) is 13.8 Å². The van der Waals surface area contributed by atoms with Gasteiger partial charge in [-0.25, -0.2) is 9.18 Å². The van der Waals surface area contributed by atoms with Gasteiger partial charge in [0.1, 0.15) is 11.1 Å². The summed E-state index contributed by atoms with van der Waals surface area (Å²) < 4.78 is 74.8. The normalized spacial score (nSPS) is 11.5. The Balaban J connectivity index is 3.80. The maximum Gasteiger partial charge on any atom is 0.387 e. The van der Waals surface area contributed by atoms with Crippen molar-refractivity contribution >= 4 is 17.4 Å². The third kappa shape index (κ3) is 4.57. The van der Waals surface area contributed by atoms with Crippen molar-refractivity contribution in [3.8, 4) is 5.75 Å². The Morgan fingerprint density at radius 3 is 2.19 bits per heavy atom. The zero-order chi connectivity index (χ0) is 20.9. The maximum absolute atomic E-state index is 14.4. The summed E-state index contributed by atoms with van der Waals surface area (Å²) in [5.41, 5.74) is -4.64. The molecule has 0 atom stereocenters. The van der Waals surface area contributed by atoms with E-state index in [2.05, 4.69) is 9.47 Å². The summed E-state index contributed by atoms with van der Waals surface area (Å²) in [7, 11) is 0. The highest BCUT2D eigenvalue weighted by molar-refractivity contribution is 6.25. The van der Waals surface area contributed by atoms with Crippen LogP contribution in [0, 0.1) is 27.6 Å². The second-order valence-corrected chi connectivity index (χ2v) is 4.71. The Labute approximate surface area is 148 Å². The lowest BCUT2D eigenvalue weighted by atomic mass is 9.99. The van der Waals surface area contributed by atoms with Crippen molar-refractivity contribution in [3.63, 3.8) is 0 Å². The van der Waals surface area contributed by atoms with Crippen molar-refractivity contribution in [1.82, 2.24) is 0 Å². The monoisotopic (exact) mass is 397 g/mol. The van der Waals surface area contributed by atoms with E-state index in [1.807, 2.05) is 0 Å². The standard InChI is InChI=1S/C15H12F5NO6/c1-3-5-6(14(23)26-4-2)12(22)7-8(16)13(27-15(19)20)10(18)9(17)11(7)21(24)25/h5,15H,3-4H2,1-2H3. The van der Waals surface area contributed by atoms with Gasteiger partial charge >= 0.3 is 18.3 Å². The Kier molecular flexibility index (Phi) is 7.37. The van der Waals surface area contributed by atoms with Gasteiger partial charge in [-0.05, 0) is 13.3 Å². The Bertz CT molecular complexity index is 809. The molecule has 0 bridgehead atoms. The second-order valence-electron chi connectivity index (χ2n) is 4.71. The first-order chi connectivity index (χ1) is 12.6. The molecule has 0 aromatic heterocycles. The second kappa shape index (κ2) is 9.05. The molecule has 0 saturated carbocycles. The molecule has 27 heavy (non-hydrogen) atoms. The van der Waals surface area contributed by atoms with E-state index in [1.54, 1.807) is 0 Å². The van der Waals surface area contributed by atoms with Crippen LogP contribution in [0.1, 0.15) is 30.6 Å². The minimum atomic E-state index is -3.83. The number of hydrogen-bond acceptors (Lipinski definition) is 6. The molecule has 0 unspecified atom stereocenters. The van der Waals surface area contributed by atoms with Crippen molar-refractivity contribution in [2.45, 2.75) is 26.9 Å². The number of halogens is 5. The van der Waals surface area contributed by atoms with Gasteiger partial charge in [0.15, 0.2) is 5.82 Å². The summed E-state index contributed by atoms with van der Waals surface area (Å²) in [6, 6.07) is 0. The quantitative estimate of drug-likeness (QED) is 0.0764. The van der Waals surface area contributed by atoms with Crippen LogP contribution in [0.5, 0.6) is 5.75 Å². The van der Waals surface area contributed by atoms with Crippen LogP contribution in [0.15, 0.2) is 11.6 Å². The average molecular weight is 397 g/mol. The van der Waals surface area contributed by atoms with Gasteiger partial charge in [0.25, 0.3) is 0 Å². The van der Waals surface area contributed by atoms with Crippen LogP contribution in [-0.2, 0) is 9.53 Å². The van der Waals surface area contributed by atoms with Crippen molar-refractivity contribution in [2.24, 2.45) is 0 Å². The van der Waals surface area contributed by atoms with Crippen LogP contribution >= 0.6 is 0 Å². The SMILES string of the molecule is CCC=C(C(=O)OCC)C(=O)c1c(F)c(OC(F)F)c(F)c(F)c1[N+](=O)[O-]. The molecular weight excluding hydrogens is 385 g/mol. The lowest BCUT2D eigenvalue weighted by molar-refractivity contribution is -0.388. The summed E-state index contributed by atoms with van der Waals surface area (Å²) >= 11 is 0. The van der Waals surface area contributed by atoms with E-state index < -0.39 is 63.3 Å². The van der Waals surface area contributed by atoms with Crippen molar-refractivity contribution < 1.29 is 45.9 Å². The highest BCUT2D eigenvalue weighted by Crippen LogP contribution is 2.37. The van der Waals surface area contributed by atoms with Crippen LogP contribution in [0.4, 0.5) is 27.6 Å². The molecule has 1 aromatic rings. The third-order valence-electron chi connectivity index (χ3n) is 3.02.